The minimum atomic E-state index is 0.0657. The third-order valence-corrected chi connectivity index (χ3v) is 12.5. The lowest BCUT2D eigenvalue weighted by atomic mass is 9.90. The van der Waals surface area contributed by atoms with Gasteiger partial charge in [0.25, 0.3) is 0 Å². The van der Waals surface area contributed by atoms with Gasteiger partial charge in [0.1, 0.15) is 11.2 Å². The lowest BCUT2D eigenvalue weighted by Gasteiger charge is -2.35. The van der Waals surface area contributed by atoms with Crippen LogP contribution in [0.4, 0.5) is 11.4 Å². The molecule has 11 aromatic rings. The van der Waals surface area contributed by atoms with Crippen LogP contribution in [0, 0.1) is 0 Å². The number of rotatable bonds is 7. The lowest BCUT2D eigenvalue weighted by molar-refractivity contribution is 0.669. The zero-order chi connectivity index (χ0) is 40.3. The maximum absolute atomic E-state index is 6.58. The number of aromatic nitrogens is 1. The van der Waals surface area contributed by atoms with E-state index in [0.29, 0.717) is 0 Å². The van der Waals surface area contributed by atoms with Gasteiger partial charge in [-0.15, -0.1) is 0 Å². The Hall–Kier alpha value is -7.88. The van der Waals surface area contributed by atoms with Gasteiger partial charge in [0.2, 0.25) is 0 Å². The lowest BCUT2D eigenvalue weighted by Crippen LogP contribution is -2.30. The number of allylic oxidation sites excluding steroid dienone is 2. The minimum Gasteiger partial charge on any atom is -0.456 e. The molecular formula is C58H40N2O. The second kappa shape index (κ2) is 14.4. The minimum absolute atomic E-state index is 0.0657. The smallest absolute Gasteiger partial charge is 0.136 e. The SMILES string of the molecule is C1=CC(N(c2ccc(-c3ccccc3-n3c4ccccc4c4ccccc43)cc2)c2ccccc2-c2c3ccccc3cc3oc4ccccc4c23)CC=C1c1ccccc1. The molecule has 12 rings (SSSR count). The molecule has 1 atom stereocenters. The average molecular weight is 781 g/mol. The van der Waals surface area contributed by atoms with Crippen molar-refractivity contribution in [1.29, 1.82) is 0 Å². The van der Waals surface area contributed by atoms with Crippen LogP contribution in [0.3, 0.4) is 0 Å². The van der Waals surface area contributed by atoms with Gasteiger partial charge in [0.05, 0.1) is 22.8 Å². The van der Waals surface area contributed by atoms with Gasteiger partial charge >= 0.3 is 0 Å². The van der Waals surface area contributed by atoms with Crippen LogP contribution in [-0.2, 0) is 0 Å². The van der Waals surface area contributed by atoms with E-state index in [1.54, 1.807) is 0 Å². The van der Waals surface area contributed by atoms with E-state index in [1.165, 1.54) is 60.6 Å². The maximum Gasteiger partial charge on any atom is 0.136 e. The normalized spacial score (nSPS) is 14.0. The van der Waals surface area contributed by atoms with Crippen LogP contribution in [0.25, 0.3) is 88.0 Å². The summed E-state index contributed by atoms with van der Waals surface area (Å²) < 4.78 is 9.00. The molecule has 3 heteroatoms. The van der Waals surface area contributed by atoms with Crippen LogP contribution in [0.15, 0.2) is 229 Å². The fraction of sp³-hybridized carbons (Fsp3) is 0.0345. The van der Waals surface area contributed by atoms with Crippen molar-refractivity contribution < 1.29 is 4.42 Å². The van der Waals surface area contributed by atoms with E-state index in [1.807, 2.05) is 0 Å². The van der Waals surface area contributed by atoms with Crippen LogP contribution in [-0.4, -0.2) is 10.6 Å². The molecule has 0 amide bonds. The van der Waals surface area contributed by atoms with Crippen molar-refractivity contribution in [1.82, 2.24) is 4.57 Å². The highest BCUT2D eigenvalue weighted by atomic mass is 16.3. The van der Waals surface area contributed by atoms with Crippen LogP contribution in [0.5, 0.6) is 0 Å². The molecule has 3 nitrogen and oxygen atoms in total. The van der Waals surface area contributed by atoms with Crippen LogP contribution in [0.1, 0.15) is 12.0 Å². The molecule has 0 saturated heterocycles. The first-order valence-electron chi connectivity index (χ1n) is 21.1. The number of anilines is 2. The Balaban J connectivity index is 1.03. The average Bonchev–Trinajstić information content (AvgIpc) is 3.87. The van der Waals surface area contributed by atoms with E-state index in [0.717, 1.165) is 50.8 Å². The molecule has 0 spiro atoms. The van der Waals surface area contributed by atoms with Gasteiger partial charge in [-0.25, -0.2) is 0 Å². The molecule has 61 heavy (non-hydrogen) atoms. The quantitative estimate of drug-likeness (QED) is 0.161. The highest BCUT2D eigenvalue weighted by Crippen LogP contribution is 2.47. The molecule has 0 N–H and O–H groups in total. The van der Waals surface area contributed by atoms with Gasteiger partial charge in [-0.1, -0.05) is 176 Å². The van der Waals surface area contributed by atoms with Crippen LogP contribution in [0.2, 0.25) is 0 Å². The second-order valence-electron chi connectivity index (χ2n) is 16.0. The van der Waals surface area contributed by atoms with Crippen molar-refractivity contribution in [3.8, 4) is 27.9 Å². The van der Waals surface area contributed by atoms with Gasteiger partial charge in [0.15, 0.2) is 0 Å². The Morgan fingerprint density at radius 2 is 1.11 bits per heavy atom. The first-order chi connectivity index (χ1) is 30.3. The Labute approximate surface area is 354 Å². The summed E-state index contributed by atoms with van der Waals surface area (Å²) in [7, 11) is 0. The Morgan fingerprint density at radius 1 is 0.492 bits per heavy atom. The molecule has 2 aromatic heterocycles. The zero-order valence-electron chi connectivity index (χ0n) is 33.4. The fourth-order valence-corrected chi connectivity index (χ4v) is 9.78. The second-order valence-corrected chi connectivity index (χ2v) is 16.0. The molecule has 2 heterocycles. The number of benzene rings is 9. The van der Waals surface area contributed by atoms with E-state index in [-0.39, 0.29) is 6.04 Å². The molecule has 0 aliphatic heterocycles. The summed E-state index contributed by atoms with van der Waals surface area (Å²) in [6.07, 6.45) is 7.93. The molecular weight excluding hydrogens is 741 g/mol. The number of nitrogens with zero attached hydrogens (tertiary/aromatic N) is 2. The monoisotopic (exact) mass is 780 g/mol. The predicted octanol–water partition coefficient (Wildman–Crippen LogP) is 15.7. The van der Waals surface area contributed by atoms with Crippen molar-refractivity contribution >= 4 is 71.5 Å². The zero-order valence-corrected chi connectivity index (χ0v) is 33.4. The fourth-order valence-electron chi connectivity index (χ4n) is 9.78. The van der Waals surface area contributed by atoms with E-state index in [9.17, 15) is 0 Å². The molecule has 9 aromatic carbocycles. The van der Waals surface area contributed by atoms with E-state index in [4.69, 9.17) is 4.42 Å². The molecule has 0 saturated carbocycles. The standard InChI is InChI=1S/C58H40N2O/c1-2-16-39(17-3-1)40-30-34-43(35-31-40)59(54-28-14-9-23-49(54)57-46-20-5-4-18-42(46)38-56-58(57)50-24-10-15-29-55(50)61-56)44-36-32-41(33-37-44)45-19-6-11-25-51(45)60-52-26-12-7-21-47(52)48-22-8-13-27-53(48)60/h1-34,36-38,43H,35H2. The van der Waals surface area contributed by atoms with Crippen molar-refractivity contribution in [3.05, 3.63) is 230 Å². The number of fused-ring (bicyclic) bond motifs is 7. The maximum atomic E-state index is 6.58. The van der Waals surface area contributed by atoms with E-state index in [2.05, 4.69) is 234 Å². The number of furan rings is 1. The number of hydrogen-bond donors (Lipinski definition) is 0. The summed E-state index contributed by atoms with van der Waals surface area (Å²) in [5.74, 6) is 0. The molecule has 1 aliphatic rings. The molecule has 0 fully saturated rings. The first kappa shape index (κ1) is 35.1. The number of para-hydroxylation sites is 5. The summed E-state index contributed by atoms with van der Waals surface area (Å²) >= 11 is 0. The molecule has 1 unspecified atom stereocenters. The highest BCUT2D eigenvalue weighted by Gasteiger charge is 2.26. The molecule has 1 aliphatic carbocycles. The first-order valence-corrected chi connectivity index (χ1v) is 21.1. The summed E-state index contributed by atoms with van der Waals surface area (Å²) in [5.41, 5.74) is 14.8. The van der Waals surface area contributed by atoms with Crippen molar-refractivity contribution in [2.75, 3.05) is 4.90 Å². The summed E-state index contributed by atoms with van der Waals surface area (Å²) in [6, 6.07) is 74.5. The largest absolute Gasteiger partial charge is 0.456 e. The summed E-state index contributed by atoms with van der Waals surface area (Å²) in [6.45, 7) is 0. The third-order valence-electron chi connectivity index (χ3n) is 12.5. The van der Waals surface area contributed by atoms with E-state index < -0.39 is 0 Å². The summed E-state index contributed by atoms with van der Waals surface area (Å²) in [5, 5.41) is 7.15. The molecule has 0 radical (unpaired) electrons. The van der Waals surface area contributed by atoms with Crippen LogP contribution < -0.4 is 4.90 Å². The topological polar surface area (TPSA) is 21.3 Å². The van der Waals surface area contributed by atoms with Crippen molar-refractivity contribution in [3.63, 3.8) is 0 Å². The Kier molecular flexibility index (Phi) is 8.31. The molecule has 288 valence electrons. The highest BCUT2D eigenvalue weighted by molar-refractivity contribution is 6.22. The van der Waals surface area contributed by atoms with Gasteiger partial charge in [0, 0.05) is 49.6 Å². The van der Waals surface area contributed by atoms with E-state index >= 15 is 0 Å². The Morgan fingerprint density at radius 3 is 1.87 bits per heavy atom. The van der Waals surface area contributed by atoms with Crippen molar-refractivity contribution in [2.45, 2.75) is 12.5 Å². The van der Waals surface area contributed by atoms with Crippen LogP contribution >= 0.6 is 0 Å². The van der Waals surface area contributed by atoms with Crippen molar-refractivity contribution in [2.24, 2.45) is 0 Å². The Bertz CT molecular complexity index is 3460. The number of hydrogen-bond acceptors (Lipinski definition) is 2. The predicted molar refractivity (Wildman–Crippen MR) is 257 cm³/mol. The molecule has 0 bridgehead atoms. The van der Waals surface area contributed by atoms with Gasteiger partial charge in [-0.2, -0.15) is 0 Å². The van der Waals surface area contributed by atoms with Gasteiger partial charge < -0.3 is 13.9 Å². The van der Waals surface area contributed by atoms with Gasteiger partial charge in [-0.3, -0.25) is 0 Å². The summed E-state index contributed by atoms with van der Waals surface area (Å²) in [4.78, 5) is 2.54. The third kappa shape index (κ3) is 5.81. The van der Waals surface area contributed by atoms with Gasteiger partial charge in [-0.05, 0) is 82.4 Å².